The molecule has 5 nitrogen and oxygen atoms in total. The van der Waals surface area contributed by atoms with Crippen LogP contribution in [0.4, 0.5) is 0 Å². The molecule has 1 aromatic carbocycles. The molecule has 1 heterocycles. The Kier molecular flexibility index (Phi) is 4.73. The lowest BCUT2D eigenvalue weighted by Gasteiger charge is -2.31. The van der Waals surface area contributed by atoms with E-state index in [1.165, 1.54) is 0 Å². The largest absolute Gasteiger partial charge is 0.356 e. The molecule has 0 radical (unpaired) electrons. The summed E-state index contributed by atoms with van der Waals surface area (Å²) in [7, 11) is -3.38. The first-order valence-corrected chi connectivity index (χ1v) is 9.75. The van der Waals surface area contributed by atoms with Gasteiger partial charge in [-0.15, -0.1) is 0 Å². The van der Waals surface area contributed by atoms with Crippen LogP contribution in [0.5, 0.6) is 0 Å². The second-order valence-corrected chi connectivity index (χ2v) is 8.66. The maximum absolute atomic E-state index is 12.5. The quantitative estimate of drug-likeness (QED) is 0.892. The van der Waals surface area contributed by atoms with Gasteiger partial charge in [-0.1, -0.05) is 25.1 Å². The Morgan fingerprint density at radius 1 is 1.22 bits per heavy atom. The summed E-state index contributed by atoms with van der Waals surface area (Å²) in [5, 5.41) is 3.02. The molecule has 0 aromatic heterocycles. The molecular formula is C17H24N2O3S. The fourth-order valence-corrected chi connectivity index (χ4v) is 4.65. The molecule has 0 bridgehead atoms. The van der Waals surface area contributed by atoms with Crippen LogP contribution < -0.4 is 5.32 Å². The van der Waals surface area contributed by atoms with Crippen LogP contribution in [-0.2, 0) is 14.8 Å². The minimum atomic E-state index is -3.38. The number of sulfonamides is 1. The van der Waals surface area contributed by atoms with Crippen LogP contribution in [0.2, 0.25) is 0 Å². The molecule has 1 aliphatic carbocycles. The van der Waals surface area contributed by atoms with Crippen molar-refractivity contribution in [1.29, 1.82) is 0 Å². The second-order valence-electron chi connectivity index (χ2n) is 6.73. The lowest BCUT2D eigenvalue weighted by atomic mass is 9.98. The zero-order valence-corrected chi connectivity index (χ0v) is 14.3. The standard InChI is InChI=1S/C17H24N2O3S/c1-13-11-16(13)17(20)18-12-14-7-9-19(10-8-14)23(21,22)15-5-3-2-4-6-15/h2-6,13-14,16H,7-12H2,1H3,(H,18,20)/t13-,16-/m1/s1. The van der Waals surface area contributed by atoms with Crippen molar-refractivity contribution in [1.82, 2.24) is 9.62 Å². The molecule has 1 saturated carbocycles. The topological polar surface area (TPSA) is 66.5 Å². The molecule has 1 aliphatic heterocycles. The summed E-state index contributed by atoms with van der Waals surface area (Å²) in [5.41, 5.74) is 0. The van der Waals surface area contributed by atoms with Crippen LogP contribution in [0.25, 0.3) is 0 Å². The summed E-state index contributed by atoms with van der Waals surface area (Å²) in [4.78, 5) is 12.2. The van der Waals surface area contributed by atoms with Gasteiger partial charge < -0.3 is 5.32 Å². The van der Waals surface area contributed by atoms with Crippen molar-refractivity contribution in [3.05, 3.63) is 30.3 Å². The number of piperidine rings is 1. The van der Waals surface area contributed by atoms with Crippen LogP contribution in [0, 0.1) is 17.8 Å². The number of nitrogens with one attached hydrogen (secondary N) is 1. The second kappa shape index (κ2) is 6.61. The summed E-state index contributed by atoms with van der Waals surface area (Å²) < 4.78 is 26.7. The normalized spacial score (nSPS) is 26.0. The van der Waals surface area contributed by atoms with Crippen LogP contribution in [-0.4, -0.2) is 38.3 Å². The summed E-state index contributed by atoms with van der Waals surface area (Å²) in [5.74, 6) is 1.26. The fraction of sp³-hybridized carbons (Fsp3) is 0.588. The van der Waals surface area contributed by atoms with E-state index >= 15 is 0 Å². The van der Waals surface area contributed by atoms with Crippen LogP contribution in [0.1, 0.15) is 26.2 Å². The van der Waals surface area contributed by atoms with Gasteiger partial charge in [0, 0.05) is 25.6 Å². The molecular weight excluding hydrogens is 312 g/mol. The zero-order chi connectivity index (χ0) is 16.4. The Hall–Kier alpha value is -1.40. The van der Waals surface area contributed by atoms with Gasteiger partial charge in [0.25, 0.3) is 0 Å². The average molecular weight is 336 g/mol. The minimum absolute atomic E-state index is 0.164. The van der Waals surface area contributed by atoms with Crippen LogP contribution in [0.15, 0.2) is 35.2 Å². The Balaban J connectivity index is 1.49. The molecule has 126 valence electrons. The number of carbonyl (C=O) groups is 1. The van der Waals surface area contributed by atoms with Gasteiger partial charge in [0.2, 0.25) is 15.9 Å². The highest BCUT2D eigenvalue weighted by Crippen LogP contribution is 2.37. The molecule has 23 heavy (non-hydrogen) atoms. The van der Waals surface area contributed by atoms with Gasteiger partial charge in [0.15, 0.2) is 0 Å². The van der Waals surface area contributed by atoms with E-state index in [2.05, 4.69) is 12.2 Å². The zero-order valence-electron chi connectivity index (χ0n) is 13.4. The molecule has 0 unspecified atom stereocenters. The van der Waals surface area contributed by atoms with E-state index in [0.717, 1.165) is 19.3 Å². The van der Waals surface area contributed by atoms with Crippen LogP contribution in [0.3, 0.4) is 0 Å². The smallest absolute Gasteiger partial charge is 0.243 e. The minimum Gasteiger partial charge on any atom is -0.356 e. The predicted molar refractivity (Wildman–Crippen MR) is 88.2 cm³/mol. The van der Waals surface area contributed by atoms with Gasteiger partial charge in [-0.3, -0.25) is 4.79 Å². The number of hydrogen-bond acceptors (Lipinski definition) is 3. The highest BCUT2D eigenvalue weighted by Gasteiger charge is 2.39. The van der Waals surface area contributed by atoms with Crippen molar-refractivity contribution in [2.75, 3.05) is 19.6 Å². The van der Waals surface area contributed by atoms with Gasteiger partial charge in [-0.2, -0.15) is 4.31 Å². The van der Waals surface area contributed by atoms with Gasteiger partial charge >= 0.3 is 0 Å². The van der Waals surface area contributed by atoms with E-state index in [4.69, 9.17) is 0 Å². The van der Waals surface area contributed by atoms with E-state index < -0.39 is 10.0 Å². The molecule has 1 aromatic rings. The highest BCUT2D eigenvalue weighted by atomic mass is 32.2. The van der Waals surface area contributed by atoms with E-state index in [9.17, 15) is 13.2 Å². The number of hydrogen-bond donors (Lipinski definition) is 1. The Labute approximate surface area is 138 Å². The lowest BCUT2D eigenvalue weighted by Crippen LogP contribution is -2.41. The third-order valence-electron chi connectivity index (χ3n) is 4.97. The first-order chi connectivity index (χ1) is 11.0. The summed E-state index contributed by atoms with van der Waals surface area (Å²) >= 11 is 0. The molecule has 1 amide bonds. The van der Waals surface area contributed by atoms with Crippen molar-refractivity contribution < 1.29 is 13.2 Å². The predicted octanol–water partition coefficient (Wildman–Crippen LogP) is 1.86. The summed E-state index contributed by atoms with van der Waals surface area (Å²) in [6, 6.07) is 8.58. The number of nitrogens with zero attached hydrogens (tertiary/aromatic N) is 1. The first kappa shape index (κ1) is 16.5. The summed E-state index contributed by atoms with van der Waals surface area (Å²) in [6.07, 6.45) is 2.60. The number of carbonyl (C=O) groups excluding carboxylic acids is 1. The Morgan fingerprint density at radius 2 is 1.83 bits per heavy atom. The highest BCUT2D eigenvalue weighted by molar-refractivity contribution is 7.89. The van der Waals surface area contributed by atoms with Crippen molar-refractivity contribution in [3.8, 4) is 0 Å². The Morgan fingerprint density at radius 3 is 2.39 bits per heavy atom. The van der Waals surface area contributed by atoms with Gasteiger partial charge in [0.1, 0.15) is 0 Å². The van der Waals surface area contributed by atoms with E-state index in [1.807, 2.05) is 6.07 Å². The molecule has 2 atom stereocenters. The average Bonchev–Trinajstić information content (AvgIpc) is 3.31. The number of rotatable bonds is 5. The van der Waals surface area contributed by atoms with E-state index in [1.54, 1.807) is 28.6 Å². The molecule has 1 saturated heterocycles. The van der Waals surface area contributed by atoms with Gasteiger partial charge in [-0.05, 0) is 43.2 Å². The van der Waals surface area contributed by atoms with Crippen molar-refractivity contribution in [3.63, 3.8) is 0 Å². The third kappa shape index (κ3) is 3.75. The molecule has 6 heteroatoms. The Bertz CT molecular complexity index is 652. The van der Waals surface area contributed by atoms with Crippen molar-refractivity contribution in [2.45, 2.75) is 31.1 Å². The maximum Gasteiger partial charge on any atom is 0.243 e. The van der Waals surface area contributed by atoms with Crippen molar-refractivity contribution in [2.24, 2.45) is 17.8 Å². The number of benzene rings is 1. The molecule has 3 rings (SSSR count). The molecule has 2 aliphatic rings. The SMILES string of the molecule is C[C@@H]1C[C@H]1C(=O)NCC1CCN(S(=O)(=O)c2ccccc2)CC1. The van der Waals surface area contributed by atoms with Gasteiger partial charge in [0.05, 0.1) is 4.90 Å². The van der Waals surface area contributed by atoms with E-state index in [-0.39, 0.29) is 11.8 Å². The fourth-order valence-electron chi connectivity index (χ4n) is 3.16. The summed E-state index contributed by atoms with van der Waals surface area (Å²) in [6.45, 7) is 3.81. The maximum atomic E-state index is 12.5. The third-order valence-corrected chi connectivity index (χ3v) is 6.88. The molecule has 1 N–H and O–H groups in total. The monoisotopic (exact) mass is 336 g/mol. The van der Waals surface area contributed by atoms with E-state index in [0.29, 0.717) is 36.4 Å². The first-order valence-electron chi connectivity index (χ1n) is 8.31. The lowest BCUT2D eigenvalue weighted by molar-refractivity contribution is -0.122. The number of amides is 1. The van der Waals surface area contributed by atoms with Crippen LogP contribution >= 0.6 is 0 Å². The van der Waals surface area contributed by atoms with Crippen molar-refractivity contribution >= 4 is 15.9 Å². The molecule has 2 fully saturated rings. The molecule has 0 spiro atoms. The van der Waals surface area contributed by atoms with Gasteiger partial charge in [-0.25, -0.2) is 8.42 Å².